The first kappa shape index (κ1) is 15.2. The van der Waals surface area contributed by atoms with Crippen molar-refractivity contribution in [3.8, 4) is 5.75 Å². The van der Waals surface area contributed by atoms with Crippen LogP contribution >= 0.6 is 11.6 Å². The Morgan fingerprint density at radius 3 is 2.67 bits per heavy atom. The Balaban J connectivity index is 1.68. The number of nitrogens with one attached hydrogen (secondary N) is 2. The molecule has 0 aliphatic rings. The third-order valence-corrected chi connectivity index (χ3v) is 3.00. The number of anilines is 1. The van der Waals surface area contributed by atoms with Crippen LogP contribution in [0.4, 0.5) is 10.5 Å². The van der Waals surface area contributed by atoms with Gasteiger partial charge in [-0.15, -0.1) is 0 Å². The van der Waals surface area contributed by atoms with E-state index in [1.807, 2.05) is 31.2 Å². The molecule has 0 saturated heterocycles. The number of urea groups is 1. The number of ether oxygens (including phenoxy) is 1. The number of aryl methyl sites for hydroxylation is 1. The molecule has 21 heavy (non-hydrogen) atoms. The van der Waals surface area contributed by atoms with E-state index in [4.69, 9.17) is 16.3 Å². The molecular formula is C16H17ClN2O2. The van der Waals surface area contributed by atoms with E-state index in [0.29, 0.717) is 18.2 Å². The summed E-state index contributed by atoms with van der Waals surface area (Å²) in [5, 5.41) is 6.16. The molecule has 5 heteroatoms. The van der Waals surface area contributed by atoms with Crippen LogP contribution in [0.1, 0.15) is 5.56 Å². The smallest absolute Gasteiger partial charge is 0.319 e. The van der Waals surface area contributed by atoms with Crippen molar-refractivity contribution in [2.75, 3.05) is 18.5 Å². The highest BCUT2D eigenvalue weighted by atomic mass is 35.5. The standard InChI is InChI=1S/C16H17ClN2O2/c1-12-3-2-4-14(11-12)19-16(20)18-9-10-21-15-7-5-13(17)6-8-15/h2-8,11H,9-10H2,1H3,(H2,18,19,20). The molecule has 2 aromatic carbocycles. The zero-order valence-corrected chi connectivity index (χ0v) is 12.5. The first-order valence-electron chi connectivity index (χ1n) is 6.63. The average molecular weight is 305 g/mol. The highest BCUT2D eigenvalue weighted by Crippen LogP contribution is 2.15. The van der Waals surface area contributed by atoms with Gasteiger partial charge in [0, 0.05) is 10.7 Å². The van der Waals surface area contributed by atoms with Crippen LogP contribution in [-0.2, 0) is 0 Å². The number of amides is 2. The quantitative estimate of drug-likeness (QED) is 0.824. The van der Waals surface area contributed by atoms with Crippen LogP contribution in [0, 0.1) is 6.92 Å². The minimum atomic E-state index is -0.250. The molecule has 0 aliphatic carbocycles. The molecule has 0 bridgehead atoms. The summed E-state index contributed by atoms with van der Waals surface area (Å²) >= 11 is 5.78. The molecule has 0 spiro atoms. The van der Waals surface area contributed by atoms with Crippen molar-refractivity contribution in [3.63, 3.8) is 0 Å². The molecule has 0 radical (unpaired) electrons. The summed E-state index contributed by atoms with van der Waals surface area (Å²) in [5.74, 6) is 0.722. The molecule has 0 heterocycles. The van der Waals surface area contributed by atoms with Crippen molar-refractivity contribution in [1.29, 1.82) is 0 Å². The molecular weight excluding hydrogens is 288 g/mol. The van der Waals surface area contributed by atoms with Gasteiger partial charge in [-0.05, 0) is 48.9 Å². The molecule has 2 rings (SSSR count). The maximum atomic E-state index is 11.7. The molecule has 0 aliphatic heterocycles. The van der Waals surface area contributed by atoms with Crippen LogP contribution in [-0.4, -0.2) is 19.2 Å². The Kier molecular flexibility index (Phi) is 5.46. The molecule has 4 nitrogen and oxygen atoms in total. The molecule has 0 unspecified atom stereocenters. The summed E-state index contributed by atoms with van der Waals surface area (Å²) in [7, 11) is 0. The Morgan fingerprint density at radius 2 is 1.95 bits per heavy atom. The van der Waals surface area contributed by atoms with Crippen LogP contribution in [0.5, 0.6) is 5.75 Å². The van der Waals surface area contributed by atoms with Crippen LogP contribution in [0.25, 0.3) is 0 Å². The zero-order chi connectivity index (χ0) is 15.1. The lowest BCUT2D eigenvalue weighted by Crippen LogP contribution is -2.32. The number of carbonyl (C=O) groups excluding carboxylic acids is 1. The third kappa shape index (κ3) is 5.36. The van der Waals surface area contributed by atoms with Gasteiger partial charge in [-0.1, -0.05) is 23.7 Å². The number of halogens is 1. The fraction of sp³-hybridized carbons (Fsp3) is 0.188. The summed E-state index contributed by atoms with van der Waals surface area (Å²) in [5.41, 5.74) is 1.87. The Bertz CT molecular complexity index is 599. The van der Waals surface area contributed by atoms with Gasteiger partial charge in [-0.3, -0.25) is 0 Å². The van der Waals surface area contributed by atoms with Gasteiger partial charge >= 0.3 is 6.03 Å². The van der Waals surface area contributed by atoms with E-state index in [2.05, 4.69) is 10.6 Å². The Labute approximate surface area is 129 Å². The molecule has 0 aromatic heterocycles. The van der Waals surface area contributed by atoms with Crippen molar-refractivity contribution >= 4 is 23.3 Å². The molecule has 110 valence electrons. The van der Waals surface area contributed by atoms with Crippen LogP contribution < -0.4 is 15.4 Å². The van der Waals surface area contributed by atoms with Crippen LogP contribution in [0.2, 0.25) is 5.02 Å². The van der Waals surface area contributed by atoms with E-state index in [0.717, 1.165) is 17.0 Å². The summed E-state index contributed by atoms with van der Waals surface area (Å²) in [6.45, 7) is 2.78. The minimum absolute atomic E-state index is 0.250. The van der Waals surface area contributed by atoms with Gasteiger partial charge in [-0.25, -0.2) is 4.79 Å². The summed E-state index contributed by atoms with van der Waals surface area (Å²) in [4.78, 5) is 11.7. The molecule has 0 atom stereocenters. The maximum absolute atomic E-state index is 11.7. The van der Waals surface area contributed by atoms with Crippen molar-refractivity contribution in [1.82, 2.24) is 5.32 Å². The normalized spacial score (nSPS) is 10.0. The molecule has 2 amide bonds. The zero-order valence-electron chi connectivity index (χ0n) is 11.7. The van der Waals surface area contributed by atoms with Gasteiger partial charge in [0.05, 0.1) is 6.54 Å². The predicted molar refractivity (Wildman–Crippen MR) is 85.1 cm³/mol. The number of carbonyl (C=O) groups is 1. The monoisotopic (exact) mass is 304 g/mol. The van der Waals surface area contributed by atoms with Crippen molar-refractivity contribution in [2.24, 2.45) is 0 Å². The highest BCUT2D eigenvalue weighted by molar-refractivity contribution is 6.30. The van der Waals surface area contributed by atoms with E-state index in [9.17, 15) is 4.79 Å². The van der Waals surface area contributed by atoms with Gasteiger partial charge < -0.3 is 15.4 Å². The lowest BCUT2D eigenvalue weighted by molar-refractivity contribution is 0.247. The number of rotatable bonds is 5. The largest absolute Gasteiger partial charge is 0.492 e. The Morgan fingerprint density at radius 1 is 1.19 bits per heavy atom. The van der Waals surface area contributed by atoms with E-state index in [1.54, 1.807) is 24.3 Å². The second kappa shape index (κ2) is 7.55. The van der Waals surface area contributed by atoms with Gasteiger partial charge in [-0.2, -0.15) is 0 Å². The third-order valence-electron chi connectivity index (χ3n) is 2.75. The van der Waals surface area contributed by atoms with Crippen molar-refractivity contribution in [2.45, 2.75) is 6.92 Å². The first-order valence-corrected chi connectivity index (χ1v) is 7.01. The van der Waals surface area contributed by atoms with Gasteiger partial charge in [0.2, 0.25) is 0 Å². The number of hydrogen-bond donors (Lipinski definition) is 2. The van der Waals surface area contributed by atoms with E-state index < -0.39 is 0 Å². The number of benzene rings is 2. The summed E-state index contributed by atoms with van der Waals surface area (Å²) in [6.07, 6.45) is 0. The SMILES string of the molecule is Cc1cccc(NC(=O)NCCOc2ccc(Cl)cc2)c1. The van der Waals surface area contributed by atoms with Crippen molar-refractivity contribution in [3.05, 3.63) is 59.1 Å². The van der Waals surface area contributed by atoms with Gasteiger partial charge in [0.1, 0.15) is 12.4 Å². The molecule has 2 N–H and O–H groups in total. The molecule has 0 saturated carbocycles. The lowest BCUT2D eigenvalue weighted by atomic mass is 10.2. The highest BCUT2D eigenvalue weighted by Gasteiger charge is 2.01. The fourth-order valence-corrected chi connectivity index (χ4v) is 1.89. The molecule has 2 aromatic rings. The topological polar surface area (TPSA) is 50.4 Å². The van der Waals surface area contributed by atoms with Crippen LogP contribution in [0.3, 0.4) is 0 Å². The van der Waals surface area contributed by atoms with Gasteiger partial charge in [0.25, 0.3) is 0 Å². The number of hydrogen-bond acceptors (Lipinski definition) is 2. The average Bonchev–Trinajstić information content (AvgIpc) is 2.45. The lowest BCUT2D eigenvalue weighted by Gasteiger charge is -2.09. The molecule has 0 fully saturated rings. The van der Waals surface area contributed by atoms with Gasteiger partial charge in [0.15, 0.2) is 0 Å². The van der Waals surface area contributed by atoms with Crippen molar-refractivity contribution < 1.29 is 9.53 Å². The second-order valence-electron chi connectivity index (χ2n) is 4.55. The predicted octanol–water partition coefficient (Wildman–Crippen LogP) is 3.85. The maximum Gasteiger partial charge on any atom is 0.319 e. The van der Waals surface area contributed by atoms with E-state index >= 15 is 0 Å². The van der Waals surface area contributed by atoms with E-state index in [1.165, 1.54) is 0 Å². The van der Waals surface area contributed by atoms with E-state index in [-0.39, 0.29) is 6.03 Å². The second-order valence-corrected chi connectivity index (χ2v) is 4.99. The summed E-state index contributed by atoms with van der Waals surface area (Å²) in [6, 6.07) is 14.5. The van der Waals surface area contributed by atoms with Crippen LogP contribution in [0.15, 0.2) is 48.5 Å². The fourth-order valence-electron chi connectivity index (χ4n) is 1.76. The minimum Gasteiger partial charge on any atom is -0.492 e. The summed E-state index contributed by atoms with van der Waals surface area (Å²) < 4.78 is 5.48. The Hall–Kier alpha value is -2.20. The first-order chi connectivity index (χ1) is 10.1.